The lowest BCUT2D eigenvalue weighted by Crippen LogP contribution is -2.45. The third kappa shape index (κ3) is 3.84. The van der Waals surface area contributed by atoms with Crippen LogP contribution in [-0.2, 0) is 9.53 Å². The number of rotatable bonds is 2. The molecule has 1 heterocycles. The maximum Gasteiger partial charge on any atom is 0.225 e. The first kappa shape index (κ1) is 15.7. The van der Waals surface area contributed by atoms with E-state index in [2.05, 4.69) is 0 Å². The van der Waals surface area contributed by atoms with E-state index in [0.717, 1.165) is 51.6 Å². The molecule has 0 aromatic heterocycles. The number of carbonyl (C=O) groups is 1. The normalized spacial score (nSPS) is 29.8. The summed E-state index contributed by atoms with van der Waals surface area (Å²) in [5, 5.41) is 0. The Balaban J connectivity index is 0.00000162. The Morgan fingerprint density at radius 1 is 1.22 bits per heavy atom. The van der Waals surface area contributed by atoms with Crippen LogP contribution in [0.15, 0.2) is 0 Å². The van der Waals surface area contributed by atoms with Crippen molar-refractivity contribution in [1.29, 1.82) is 0 Å². The van der Waals surface area contributed by atoms with Gasteiger partial charge in [0.15, 0.2) is 0 Å². The maximum absolute atomic E-state index is 12.3. The molecule has 2 atom stereocenters. The van der Waals surface area contributed by atoms with Crippen LogP contribution < -0.4 is 5.73 Å². The SMILES string of the molecule is COC1CCN(C(=O)C2CCCC(N)C2)CC1.Cl. The van der Waals surface area contributed by atoms with E-state index in [4.69, 9.17) is 10.5 Å². The van der Waals surface area contributed by atoms with Crippen LogP contribution in [0.2, 0.25) is 0 Å². The van der Waals surface area contributed by atoms with Crippen LogP contribution in [0.1, 0.15) is 38.5 Å². The van der Waals surface area contributed by atoms with E-state index in [1.54, 1.807) is 7.11 Å². The first-order valence-corrected chi connectivity index (χ1v) is 6.78. The molecule has 5 heteroatoms. The molecule has 0 bridgehead atoms. The zero-order valence-electron chi connectivity index (χ0n) is 11.1. The first-order valence-electron chi connectivity index (χ1n) is 6.78. The molecule has 2 aliphatic rings. The fourth-order valence-electron chi connectivity index (χ4n) is 3.02. The average Bonchev–Trinajstić information content (AvgIpc) is 2.38. The van der Waals surface area contributed by atoms with Crippen molar-refractivity contribution in [1.82, 2.24) is 4.90 Å². The summed E-state index contributed by atoms with van der Waals surface area (Å²) < 4.78 is 5.32. The predicted molar refractivity (Wildman–Crippen MR) is 73.8 cm³/mol. The van der Waals surface area contributed by atoms with Crippen molar-refractivity contribution in [3.05, 3.63) is 0 Å². The third-order valence-electron chi connectivity index (χ3n) is 4.15. The Morgan fingerprint density at radius 3 is 2.44 bits per heavy atom. The van der Waals surface area contributed by atoms with Crippen LogP contribution in [0.5, 0.6) is 0 Å². The molecule has 4 nitrogen and oxygen atoms in total. The number of amides is 1. The highest BCUT2D eigenvalue weighted by Crippen LogP contribution is 2.26. The average molecular weight is 277 g/mol. The molecule has 2 rings (SSSR count). The van der Waals surface area contributed by atoms with Gasteiger partial charge in [-0.2, -0.15) is 0 Å². The minimum Gasteiger partial charge on any atom is -0.381 e. The van der Waals surface area contributed by atoms with Gasteiger partial charge in [0.2, 0.25) is 5.91 Å². The van der Waals surface area contributed by atoms with Crippen molar-refractivity contribution in [2.45, 2.75) is 50.7 Å². The summed E-state index contributed by atoms with van der Waals surface area (Å²) >= 11 is 0. The summed E-state index contributed by atoms with van der Waals surface area (Å²) in [6.07, 6.45) is 6.37. The van der Waals surface area contributed by atoms with E-state index in [-0.39, 0.29) is 24.4 Å². The van der Waals surface area contributed by atoms with Gasteiger partial charge in [-0.05, 0) is 32.1 Å². The number of carbonyl (C=O) groups excluding carboxylic acids is 1. The van der Waals surface area contributed by atoms with Gasteiger partial charge >= 0.3 is 0 Å². The largest absolute Gasteiger partial charge is 0.381 e. The lowest BCUT2D eigenvalue weighted by atomic mass is 9.85. The zero-order valence-corrected chi connectivity index (χ0v) is 12.0. The topological polar surface area (TPSA) is 55.6 Å². The van der Waals surface area contributed by atoms with Crippen LogP contribution in [0.4, 0.5) is 0 Å². The Bertz CT molecular complexity index is 268. The Labute approximate surface area is 116 Å². The molecule has 2 fully saturated rings. The molecular formula is C13H25ClN2O2. The molecule has 18 heavy (non-hydrogen) atoms. The van der Waals surface area contributed by atoms with E-state index in [9.17, 15) is 4.79 Å². The van der Waals surface area contributed by atoms with E-state index >= 15 is 0 Å². The Hall–Kier alpha value is -0.320. The molecule has 2 unspecified atom stereocenters. The second kappa shape index (κ2) is 7.31. The van der Waals surface area contributed by atoms with Crippen molar-refractivity contribution in [3.63, 3.8) is 0 Å². The standard InChI is InChI=1S/C13H24N2O2.ClH/c1-17-12-5-7-15(8-6-12)13(16)10-3-2-4-11(14)9-10;/h10-12H,2-9,14H2,1H3;1H. The fourth-order valence-corrected chi connectivity index (χ4v) is 3.02. The van der Waals surface area contributed by atoms with Crippen LogP contribution >= 0.6 is 12.4 Å². The van der Waals surface area contributed by atoms with Crippen molar-refractivity contribution in [3.8, 4) is 0 Å². The Kier molecular flexibility index (Phi) is 6.39. The molecule has 0 aromatic rings. The number of hydrogen-bond donors (Lipinski definition) is 1. The minimum absolute atomic E-state index is 0. The maximum atomic E-state index is 12.3. The lowest BCUT2D eigenvalue weighted by Gasteiger charge is -2.35. The highest BCUT2D eigenvalue weighted by Gasteiger charge is 2.30. The highest BCUT2D eigenvalue weighted by molar-refractivity contribution is 5.85. The molecule has 1 saturated heterocycles. The van der Waals surface area contributed by atoms with Crippen molar-refractivity contribution in [2.75, 3.05) is 20.2 Å². The molecule has 1 aliphatic carbocycles. The van der Waals surface area contributed by atoms with Crippen LogP contribution in [0, 0.1) is 5.92 Å². The van der Waals surface area contributed by atoms with Crippen molar-refractivity contribution in [2.24, 2.45) is 11.7 Å². The van der Waals surface area contributed by atoms with E-state index in [0.29, 0.717) is 12.0 Å². The summed E-state index contributed by atoms with van der Waals surface area (Å²) in [5.74, 6) is 0.507. The fraction of sp³-hybridized carbons (Fsp3) is 0.923. The summed E-state index contributed by atoms with van der Waals surface area (Å²) in [7, 11) is 1.75. The number of halogens is 1. The molecule has 0 aromatic carbocycles. The Morgan fingerprint density at radius 2 is 1.89 bits per heavy atom. The van der Waals surface area contributed by atoms with Gasteiger partial charge in [0.05, 0.1) is 6.10 Å². The summed E-state index contributed by atoms with van der Waals surface area (Å²) in [6, 6.07) is 0.231. The van der Waals surface area contributed by atoms with Gasteiger partial charge in [0.25, 0.3) is 0 Å². The quantitative estimate of drug-likeness (QED) is 0.833. The molecule has 1 saturated carbocycles. The number of likely N-dealkylation sites (tertiary alicyclic amines) is 1. The van der Waals surface area contributed by atoms with E-state index in [1.165, 1.54) is 0 Å². The summed E-state index contributed by atoms with van der Waals surface area (Å²) in [5.41, 5.74) is 5.95. The number of hydrogen-bond acceptors (Lipinski definition) is 3. The van der Waals surface area contributed by atoms with Gasteiger partial charge < -0.3 is 15.4 Å². The van der Waals surface area contributed by atoms with Crippen LogP contribution in [-0.4, -0.2) is 43.2 Å². The molecule has 0 radical (unpaired) electrons. The van der Waals surface area contributed by atoms with Gasteiger partial charge in [-0.1, -0.05) is 6.42 Å². The number of ether oxygens (including phenoxy) is 1. The lowest BCUT2D eigenvalue weighted by molar-refractivity contribution is -0.139. The molecule has 1 amide bonds. The van der Waals surface area contributed by atoms with Gasteiger partial charge in [-0.25, -0.2) is 0 Å². The van der Waals surface area contributed by atoms with Crippen molar-refractivity contribution >= 4 is 18.3 Å². The van der Waals surface area contributed by atoms with Gasteiger partial charge in [-0.3, -0.25) is 4.79 Å². The highest BCUT2D eigenvalue weighted by atomic mass is 35.5. The number of piperidine rings is 1. The number of methoxy groups -OCH3 is 1. The smallest absolute Gasteiger partial charge is 0.225 e. The van der Waals surface area contributed by atoms with Crippen LogP contribution in [0.25, 0.3) is 0 Å². The number of nitrogens with zero attached hydrogens (tertiary/aromatic N) is 1. The second-order valence-electron chi connectivity index (χ2n) is 5.38. The molecule has 1 aliphatic heterocycles. The minimum atomic E-state index is 0. The van der Waals surface area contributed by atoms with E-state index < -0.39 is 0 Å². The second-order valence-corrected chi connectivity index (χ2v) is 5.38. The molecule has 0 spiro atoms. The third-order valence-corrected chi connectivity index (χ3v) is 4.15. The molecule has 2 N–H and O–H groups in total. The number of nitrogens with two attached hydrogens (primary N) is 1. The van der Waals surface area contributed by atoms with Crippen molar-refractivity contribution < 1.29 is 9.53 Å². The predicted octanol–water partition coefficient (Wildman–Crippen LogP) is 1.56. The molecule has 106 valence electrons. The molecular weight excluding hydrogens is 252 g/mol. The summed E-state index contributed by atoms with van der Waals surface area (Å²) in [4.78, 5) is 14.3. The van der Waals surface area contributed by atoms with Crippen LogP contribution in [0.3, 0.4) is 0 Å². The first-order chi connectivity index (χ1) is 8.20. The van der Waals surface area contributed by atoms with E-state index in [1.807, 2.05) is 4.90 Å². The van der Waals surface area contributed by atoms with Gasteiger partial charge in [0.1, 0.15) is 0 Å². The monoisotopic (exact) mass is 276 g/mol. The van der Waals surface area contributed by atoms with Gasteiger partial charge in [-0.15, -0.1) is 12.4 Å². The van der Waals surface area contributed by atoms with Gasteiger partial charge in [0, 0.05) is 32.2 Å². The summed E-state index contributed by atoms with van der Waals surface area (Å²) in [6.45, 7) is 1.70. The zero-order chi connectivity index (χ0) is 12.3.